The molecule has 3 amide bonds. The molecule has 9 nitrogen and oxygen atoms in total. The van der Waals surface area contributed by atoms with Crippen LogP contribution in [0.5, 0.6) is 0 Å². The highest BCUT2D eigenvalue weighted by atomic mass is 16.5. The average molecular weight is 439 g/mol. The minimum Gasteiger partial charge on any atom is -0.480 e. The number of nitrogens with zero attached hydrogens (tertiary/aromatic N) is 1. The summed E-state index contributed by atoms with van der Waals surface area (Å²) >= 11 is 0. The van der Waals surface area contributed by atoms with Crippen molar-refractivity contribution in [3.8, 4) is 0 Å². The van der Waals surface area contributed by atoms with Crippen molar-refractivity contribution in [2.24, 2.45) is 0 Å². The summed E-state index contributed by atoms with van der Waals surface area (Å²) in [5.41, 5.74) is 1.49. The van der Waals surface area contributed by atoms with E-state index < -0.39 is 29.9 Å². The second kappa shape index (κ2) is 10.4. The van der Waals surface area contributed by atoms with Crippen LogP contribution in [0, 0.1) is 0 Å². The first-order valence-electron chi connectivity index (χ1n) is 10.3. The zero-order valence-electron chi connectivity index (χ0n) is 17.6. The van der Waals surface area contributed by atoms with E-state index in [1.54, 1.807) is 25.1 Å². The number of hydrogen-bond acceptors (Lipinski definition) is 5. The number of carboxylic acids is 1. The molecular weight excluding hydrogens is 414 g/mol. The quantitative estimate of drug-likeness (QED) is 0.570. The van der Waals surface area contributed by atoms with Crippen LogP contribution < -0.4 is 10.6 Å². The lowest BCUT2D eigenvalue weighted by atomic mass is 10.0. The van der Waals surface area contributed by atoms with Crippen LogP contribution in [0.1, 0.15) is 41.7 Å². The molecule has 1 heterocycles. The topological polar surface area (TPSA) is 125 Å². The van der Waals surface area contributed by atoms with E-state index in [2.05, 4.69) is 10.6 Å². The standard InChI is InChI=1S/C23H25N3O6/c1-2-32-22(30)16-9-6-10-17(13-16)25-23(31)24-14-20(27)26-18(11-12-19(26)21(28)29)15-7-4-3-5-8-15/h3-10,13,18-19H,2,11-12,14H2,1H3,(H,28,29)(H2,24,25,31)/t18?,19-/m0/s1. The Labute approximate surface area is 185 Å². The summed E-state index contributed by atoms with van der Waals surface area (Å²) in [6.45, 7) is 1.56. The van der Waals surface area contributed by atoms with E-state index in [9.17, 15) is 24.3 Å². The highest BCUT2D eigenvalue weighted by Gasteiger charge is 2.41. The molecule has 1 aliphatic heterocycles. The predicted molar refractivity (Wildman–Crippen MR) is 116 cm³/mol. The molecule has 0 bridgehead atoms. The summed E-state index contributed by atoms with van der Waals surface area (Å²) in [5, 5.41) is 14.6. The Morgan fingerprint density at radius 2 is 1.81 bits per heavy atom. The average Bonchev–Trinajstić information content (AvgIpc) is 3.24. The van der Waals surface area contributed by atoms with Gasteiger partial charge in [-0.15, -0.1) is 0 Å². The third kappa shape index (κ3) is 5.42. The fourth-order valence-corrected chi connectivity index (χ4v) is 3.76. The van der Waals surface area contributed by atoms with Crippen molar-refractivity contribution in [2.45, 2.75) is 31.8 Å². The molecule has 1 aliphatic rings. The van der Waals surface area contributed by atoms with E-state index in [-0.39, 0.29) is 24.8 Å². The maximum Gasteiger partial charge on any atom is 0.338 e. The number of rotatable bonds is 7. The number of hydrogen-bond donors (Lipinski definition) is 3. The van der Waals surface area contributed by atoms with Crippen LogP contribution in [-0.4, -0.2) is 53.1 Å². The Kier molecular flexibility index (Phi) is 7.43. The van der Waals surface area contributed by atoms with Gasteiger partial charge in [0.25, 0.3) is 0 Å². The highest BCUT2D eigenvalue weighted by Crippen LogP contribution is 2.36. The van der Waals surface area contributed by atoms with E-state index in [1.807, 2.05) is 30.3 Å². The van der Waals surface area contributed by atoms with Crippen molar-refractivity contribution in [3.63, 3.8) is 0 Å². The molecule has 3 rings (SSSR count). The fraction of sp³-hybridized carbons (Fsp3) is 0.304. The third-order valence-electron chi connectivity index (χ3n) is 5.17. The summed E-state index contributed by atoms with van der Waals surface area (Å²) in [6, 6.07) is 13.5. The molecule has 0 spiro atoms. The normalized spacial score (nSPS) is 17.5. The van der Waals surface area contributed by atoms with Gasteiger partial charge in [0, 0.05) is 5.69 Å². The van der Waals surface area contributed by atoms with Gasteiger partial charge in [-0.1, -0.05) is 36.4 Å². The van der Waals surface area contributed by atoms with Crippen LogP contribution in [0.15, 0.2) is 54.6 Å². The first-order valence-corrected chi connectivity index (χ1v) is 10.3. The number of carbonyl (C=O) groups is 4. The third-order valence-corrected chi connectivity index (χ3v) is 5.17. The van der Waals surface area contributed by atoms with Crippen LogP contribution >= 0.6 is 0 Å². The van der Waals surface area contributed by atoms with Crippen molar-refractivity contribution < 1.29 is 29.0 Å². The lowest BCUT2D eigenvalue weighted by molar-refractivity contribution is -0.149. The second-order valence-corrected chi connectivity index (χ2v) is 7.27. The van der Waals surface area contributed by atoms with Gasteiger partial charge in [-0.3, -0.25) is 4.79 Å². The molecule has 2 atom stereocenters. The lowest BCUT2D eigenvalue weighted by Crippen LogP contribution is -2.47. The number of ether oxygens (including phenoxy) is 1. The summed E-state index contributed by atoms with van der Waals surface area (Å²) in [6.07, 6.45) is 0.868. The molecule has 9 heteroatoms. The molecule has 168 valence electrons. The molecule has 1 fully saturated rings. The van der Waals surface area contributed by atoms with Crippen LogP contribution in [0.2, 0.25) is 0 Å². The molecule has 2 aromatic carbocycles. The number of benzene rings is 2. The number of carboxylic acid groups (broad SMARTS) is 1. The minimum absolute atomic E-state index is 0.233. The van der Waals surface area contributed by atoms with Crippen molar-refractivity contribution in [2.75, 3.05) is 18.5 Å². The van der Waals surface area contributed by atoms with Gasteiger partial charge < -0.3 is 25.4 Å². The number of urea groups is 1. The first kappa shape index (κ1) is 22.8. The number of anilines is 1. The van der Waals surface area contributed by atoms with Crippen molar-refractivity contribution in [1.82, 2.24) is 10.2 Å². The largest absolute Gasteiger partial charge is 0.480 e. The molecule has 32 heavy (non-hydrogen) atoms. The molecule has 1 unspecified atom stereocenters. The summed E-state index contributed by atoms with van der Waals surface area (Å²) in [5.74, 6) is -2.07. The maximum atomic E-state index is 12.9. The zero-order valence-corrected chi connectivity index (χ0v) is 17.6. The first-order chi connectivity index (χ1) is 15.4. The Hall–Kier alpha value is -3.88. The minimum atomic E-state index is -1.07. The van der Waals surface area contributed by atoms with E-state index >= 15 is 0 Å². The molecule has 0 radical (unpaired) electrons. The monoisotopic (exact) mass is 439 g/mol. The molecule has 0 aliphatic carbocycles. The van der Waals surface area contributed by atoms with E-state index in [0.717, 1.165) is 5.56 Å². The highest BCUT2D eigenvalue weighted by molar-refractivity contribution is 5.95. The number of amides is 3. The van der Waals surface area contributed by atoms with Crippen LogP contribution in [0.3, 0.4) is 0 Å². The Morgan fingerprint density at radius 3 is 2.50 bits per heavy atom. The number of nitrogens with one attached hydrogen (secondary N) is 2. The van der Waals surface area contributed by atoms with Crippen LogP contribution in [0.25, 0.3) is 0 Å². The molecular formula is C23H25N3O6. The molecule has 3 N–H and O–H groups in total. The summed E-state index contributed by atoms with van der Waals surface area (Å²) in [4.78, 5) is 50.0. The smallest absolute Gasteiger partial charge is 0.338 e. The van der Waals surface area contributed by atoms with Crippen LogP contribution in [-0.2, 0) is 14.3 Å². The number of aliphatic carboxylic acids is 1. The van der Waals surface area contributed by atoms with E-state index in [0.29, 0.717) is 18.5 Å². The molecule has 0 saturated carbocycles. The number of esters is 1. The number of likely N-dealkylation sites (tertiary alicyclic amines) is 1. The van der Waals surface area contributed by atoms with Crippen molar-refractivity contribution >= 4 is 29.6 Å². The number of carbonyl (C=O) groups excluding carboxylic acids is 3. The SMILES string of the molecule is CCOC(=O)c1cccc(NC(=O)NCC(=O)N2C(c3ccccc3)CC[C@H]2C(=O)O)c1. The molecule has 1 saturated heterocycles. The van der Waals surface area contributed by atoms with Gasteiger partial charge >= 0.3 is 18.0 Å². The van der Waals surface area contributed by atoms with Gasteiger partial charge in [-0.05, 0) is 43.5 Å². The summed E-state index contributed by atoms with van der Waals surface area (Å²) in [7, 11) is 0. The Morgan fingerprint density at radius 1 is 1.06 bits per heavy atom. The fourth-order valence-electron chi connectivity index (χ4n) is 3.76. The zero-order chi connectivity index (χ0) is 23.1. The maximum absolute atomic E-state index is 12.9. The van der Waals surface area contributed by atoms with Gasteiger partial charge in [-0.2, -0.15) is 0 Å². The van der Waals surface area contributed by atoms with E-state index in [4.69, 9.17) is 4.74 Å². The van der Waals surface area contributed by atoms with Gasteiger partial charge in [0.1, 0.15) is 6.04 Å². The Bertz CT molecular complexity index is 994. The van der Waals surface area contributed by atoms with Crippen molar-refractivity contribution in [1.29, 1.82) is 0 Å². The van der Waals surface area contributed by atoms with Gasteiger partial charge in [-0.25, -0.2) is 14.4 Å². The Balaban J connectivity index is 1.63. The lowest BCUT2D eigenvalue weighted by Gasteiger charge is -2.28. The van der Waals surface area contributed by atoms with Crippen LogP contribution in [0.4, 0.5) is 10.5 Å². The summed E-state index contributed by atoms with van der Waals surface area (Å²) < 4.78 is 4.93. The molecule has 2 aromatic rings. The van der Waals surface area contributed by atoms with Gasteiger partial charge in [0.05, 0.1) is 24.8 Å². The van der Waals surface area contributed by atoms with Gasteiger partial charge in [0.2, 0.25) is 5.91 Å². The predicted octanol–water partition coefficient (Wildman–Crippen LogP) is 2.80. The molecule has 0 aromatic heterocycles. The van der Waals surface area contributed by atoms with Crippen molar-refractivity contribution in [3.05, 3.63) is 65.7 Å². The van der Waals surface area contributed by atoms with Gasteiger partial charge in [0.15, 0.2) is 0 Å². The second-order valence-electron chi connectivity index (χ2n) is 7.27. The van der Waals surface area contributed by atoms with E-state index in [1.165, 1.54) is 11.0 Å².